The first-order valence-electron chi connectivity index (χ1n) is 9.40. The predicted molar refractivity (Wildman–Crippen MR) is 117 cm³/mol. The van der Waals surface area contributed by atoms with E-state index in [1.165, 1.54) is 0 Å². The van der Waals surface area contributed by atoms with Crippen LogP contribution in [0.5, 0.6) is 0 Å². The minimum Gasteiger partial charge on any atom is -0.465 e. The molecule has 2 heterocycles. The number of piperidine rings is 1. The molecule has 0 spiro atoms. The zero-order valence-corrected chi connectivity index (χ0v) is 19.2. The number of thiocarbonyl (C=S) groups is 1. The maximum atomic E-state index is 11.5. The van der Waals surface area contributed by atoms with E-state index in [4.69, 9.17) is 16.6 Å². The monoisotopic (exact) mass is 422 g/mol. The van der Waals surface area contributed by atoms with Gasteiger partial charge in [0, 0.05) is 25.2 Å². The minimum absolute atomic E-state index is 0.0455. The van der Waals surface area contributed by atoms with Gasteiger partial charge in [-0.1, -0.05) is 27.7 Å². The van der Waals surface area contributed by atoms with E-state index in [0.29, 0.717) is 12.2 Å². The maximum Gasteiger partial charge on any atom is 0.405 e. The highest BCUT2D eigenvalue weighted by Gasteiger charge is 2.45. The molecule has 0 aliphatic carbocycles. The van der Waals surface area contributed by atoms with E-state index in [1.807, 2.05) is 6.07 Å². The first kappa shape index (κ1) is 22.5. The molecule has 1 fully saturated rings. The van der Waals surface area contributed by atoms with Crippen LogP contribution in [0, 0.1) is 5.92 Å². The second-order valence-corrected chi connectivity index (χ2v) is 13.8. The van der Waals surface area contributed by atoms with Gasteiger partial charge in [-0.15, -0.1) is 0 Å². The molecule has 1 amide bonds. The minimum atomic E-state index is -2.06. The van der Waals surface area contributed by atoms with Crippen LogP contribution in [0.1, 0.15) is 27.7 Å². The summed E-state index contributed by atoms with van der Waals surface area (Å²) in [5.41, 5.74) is 1.49. The van der Waals surface area contributed by atoms with Gasteiger partial charge < -0.3 is 19.7 Å². The molecule has 2 N–H and O–H groups in total. The van der Waals surface area contributed by atoms with Gasteiger partial charge in [0.25, 0.3) is 0 Å². The van der Waals surface area contributed by atoms with Crippen LogP contribution in [0.3, 0.4) is 0 Å². The number of aromatic nitrogens is 1. The number of hydrogen-bond acceptors (Lipinski definition) is 6. The van der Waals surface area contributed by atoms with Crippen LogP contribution < -0.4 is 10.2 Å². The van der Waals surface area contributed by atoms with Crippen LogP contribution >= 0.6 is 12.2 Å². The summed E-state index contributed by atoms with van der Waals surface area (Å²) in [7, 11) is -2.06. The molecule has 7 nitrogen and oxygen atoms in total. The van der Waals surface area contributed by atoms with Crippen molar-refractivity contribution >= 4 is 43.2 Å². The van der Waals surface area contributed by atoms with Crippen molar-refractivity contribution in [3.05, 3.63) is 18.5 Å². The first-order valence-corrected chi connectivity index (χ1v) is 12.7. The Morgan fingerprint density at radius 3 is 2.71 bits per heavy atom. The summed E-state index contributed by atoms with van der Waals surface area (Å²) in [6.45, 7) is 14.3. The van der Waals surface area contributed by atoms with Crippen molar-refractivity contribution in [1.82, 2.24) is 10.3 Å². The number of carboxylic acid groups (broad SMARTS) is 1. The molecule has 9 heteroatoms. The lowest BCUT2D eigenvalue weighted by atomic mass is 9.92. The van der Waals surface area contributed by atoms with E-state index in [9.17, 15) is 9.90 Å². The number of nitrogens with one attached hydrogen (secondary N) is 1. The predicted octanol–water partition coefficient (Wildman–Crippen LogP) is 4.30. The SMILES string of the molecule is C[C@@H]1CN(c2ccncc2N=C=S)C[C@@H](NC(=O)O)[C@H]1O[Si](C)(C)C(C)(C)C. The van der Waals surface area contributed by atoms with Gasteiger partial charge in [0.2, 0.25) is 0 Å². The Bertz CT molecular complexity index is 762. The summed E-state index contributed by atoms with van der Waals surface area (Å²) in [5.74, 6) is 0.122. The van der Waals surface area contributed by atoms with E-state index >= 15 is 0 Å². The standard InChI is InChI=1S/C19H30N4O3SSi/c1-13-10-23(16-7-8-20-9-14(16)21-12-27)11-15(22-18(24)25)17(13)26-28(5,6)19(2,3)4/h7-9,13,15,17,22H,10-11H2,1-6H3,(H,24,25)/t13-,15-,17+/m1/s1. The molecule has 0 bridgehead atoms. The number of carbonyl (C=O) groups is 1. The lowest BCUT2D eigenvalue weighted by Gasteiger charge is -2.48. The molecule has 1 aromatic heterocycles. The summed E-state index contributed by atoms with van der Waals surface area (Å²) in [6.07, 6.45) is 2.10. The van der Waals surface area contributed by atoms with Crippen LogP contribution in [-0.4, -0.2) is 54.9 Å². The second kappa shape index (κ2) is 8.69. The molecule has 2 rings (SSSR count). The largest absolute Gasteiger partial charge is 0.465 e. The smallest absolute Gasteiger partial charge is 0.405 e. The van der Waals surface area contributed by atoms with Crippen molar-refractivity contribution < 1.29 is 14.3 Å². The fraction of sp³-hybridized carbons (Fsp3) is 0.632. The van der Waals surface area contributed by atoms with Crippen LogP contribution in [0.4, 0.5) is 16.2 Å². The zero-order valence-electron chi connectivity index (χ0n) is 17.4. The normalized spacial score (nSPS) is 23.1. The molecule has 154 valence electrons. The third kappa shape index (κ3) is 5.17. The lowest BCUT2D eigenvalue weighted by molar-refractivity contribution is 0.0722. The average molecular weight is 423 g/mol. The van der Waals surface area contributed by atoms with E-state index < -0.39 is 14.4 Å². The Hall–Kier alpha value is -1.80. The summed E-state index contributed by atoms with van der Waals surface area (Å²) in [6, 6.07) is 1.51. The van der Waals surface area contributed by atoms with Gasteiger partial charge in [-0.05, 0) is 36.4 Å². The van der Waals surface area contributed by atoms with Crippen molar-refractivity contribution in [3.8, 4) is 0 Å². The summed E-state index contributed by atoms with van der Waals surface area (Å²) in [4.78, 5) is 21.8. The van der Waals surface area contributed by atoms with Gasteiger partial charge in [-0.3, -0.25) is 4.98 Å². The van der Waals surface area contributed by atoms with Crippen molar-refractivity contribution in [2.45, 2.75) is 58.0 Å². The number of hydrogen-bond donors (Lipinski definition) is 2. The number of amides is 1. The third-order valence-corrected chi connectivity index (χ3v) is 10.3. The third-order valence-electron chi connectivity index (χ3n) is 5.71. The lowest BCUT2D eigenvalue weighted by Crippen LogP contribution is -2.62. The number of isothiocyanates is 1. The van der Waals surface area contributed by atoms with E-state index in [2.05, 4.69) is 66.1 Å². The van der Waals surface area contributed by atoms with Gasteiger partial charge in [0.1, 0.15) is 5.69 Å². The molecule has 0 radical (unpaired) electrons. The molecule has 0 unspecified atom stereocenters. The van der Waals surface area contributed by atoms with Crippen LogP contribution in [-0.2, 0) is 4.43 Å². The van der Waals surface area contributed by atoms with Crippen LogP contribution in [0.15, 0.2) is 23.5 Å². The van der Waals surface area contributed by atoms with E-state index in [0.717, 1.165) is 12.2 Å². The number of pyridine rings is 1. The van der Waals surface area contributed by atoms with Crippen molar-refractivity contribution in [1.29, 1.82) is 0 Å². The highest BCUT2D eigenvalue weighted by molar-refractivity contribution is 7.78. The van der Waals surface area contributed by atoms with Gasteiger partial charge in [0.05, 0.1) is 29.2 Å². The van der Waals surface area contributed by atoms with Gasteiger partial charge in [-0.25, -0.2) is 4.79 Å². The van der Waals surface area contributed by atoms with Crippen molar-refractivity contribution in [3.63, 3.8) is 0 Å². The summed E-state index contributed by atoms with van der Waals surface area (Å²) in [5, 5.41) is 14.5. The number of aliphatic imine (C=N–C) groups is 1. The molecule has 1 saturated heterocycles. The Balaban J connectivity index is 2.33. The topological polar surface area (TPSA) is 87.1 Å². The van der Waals surface area contributed by atoms with Gasteiger partial charge in [0.15, 0.2) is 8.32 Å². The molecule has 1 aliphatic heterocycles. The molecular weight excluding hydrogens is 392 g/mol. The number of anilines is 1. The van der Waals surface area contributed by atoms with E-state index in [-0.39, 0.29) is 23.1 Å². The molecule has 0 aromatic carbocycles. The summed E-state index contributed by atoms with van der Waals surface area (Å²) >= 11 is 4.74. The summed E-state index contributed by atoms with van der Waals surface area (Å²) < 4.78 is 6.65. The van der Waals surface area contributed by atoms with Crippen molar-refractivity contribution in [2.24, 2.45) is 10.9 Å². The molecule has 0 saturated carbocycles. The Kier molecular flexibility index (Phi) is 6.98. The molecule has 28 heavy (non-hydrogen) atoms. The highest BCUT2D eigenvalue weighted by atomic mass is 32.1. The quantitative estimate of drug-likeness (QED) is 0.418. The molecule has 1 aliphatic rings. The molecular formula is C19H30N4O3SSi. The van der Waals surface area contributed by atoms with Gasteiger partial charge in [-0.2, -0.15) is 4.99 Å². The Morgan fingerprint density at radius 2 is 2.14 bits per heavy atom. The average Bonchev–Trinajstić information content (AvgIpc) is 2.57. The Labute approximate surface area is 173 Å². The first-order chi connectivity index (χ1) is 13.0. The zero-order chi connectivity index (χ0) is 21.1. The highest BCUT2D eigenvalue weighted by Crippen LogP contribution is 2.40. The number of nitrogens with zero attached hydrogens (tertiary/aromatic N) is 3. The van der Waals surface area contributed by atoms with Crippen LogP contribution in [0.25, 0.3) is 0 Å². The fourth-order valence-corrected chi connectivity index (χ4v) is 4.77. The molecule has 1 aromatic rings. The molecule has 3 atom stereocenters. The van der Waals surface area contributed by atoms with Gasteiger partial charge >= 0.3 is 6.09 Å². The fourth-order valence-electron chi connectivity index (χ4n) is 3.24. The van der Waals surface area contributed by atoms with Crippen molar-refractivity contribution in [2.75, 3.05) is 18.0 Å². The van der Waals surface area contributed by atoms with Crippen LogP contribution in [0.2, 0.25) is 18.1 Å². The Morgan fingerprint density at radius 1 is 1.46 bits per heavy atom. The number of rotatable bonds is 5. The van der Waals surface area contributed by atoms with E-state index in [1.54, 1.807) is 12.4 Å². The maximum absolute atomic E-state index is 11.5. The second-order valence-electron chi connectivity index (χ2n) is 8.85.